The molecule has 1 N–H and O–H groups in total. The Morgan fingerprint density at radius 2 is 2.33 bits per heavy atom. The van der Waals surface area contributed by atoms with Gasteiger partial charge in [-0.25, -0.2) is 4.39 Å². The maximum Gasteiger partial charge on any atom is 0.123 e. The van der Waals surface area contributed by atoms with Crippen molar-refractivity contribution in [1.29, 1.82) is 0 Å². The van der Waals surface area contributed by atoms with Crippen molar-refractivity contribution in [3.63, 3.8) is 0 Å². The molecule has 1 aromatic carbocycles. The van der Waals surface area contributed by atoms with Crippen LogP contribution in [0.5, 0.6) is 0 Å². The van der Waals surface area contributed by atoms with Crippen LogP contribution >= 0.6 is 0 Å². The van der Waals surface area contributed by atoms with E-state index in [4.69, 9.17) is 4.74 Å². The molecule has 2 rings (SSSR count). The van der Waals surface area contributed by atoms with Crippen LogP contribution in [0.15, 0.2) is 36.1 Å². The SMILES string of the molecule is CCCNC(Cc1cccc(F)c1)C1=CCCO1. The van der Waals surface area contributed by atoms with Gasteiger partial charge in [-0.05, 0) is 43.2 Å². The summed E-state index contributed by atoms with van der Waals surface area (Å²) >= 11 is 0. The van der Waals surface area contributed by atoms with Gasteiger partial charge in [0, 0.05) is 6.42 Å². The van der Waals surface area contributed by atoms with E-state index in [2.05, 4.69) is 18.3 Å². The molecule has 0 spiro atoms. The van der Waals surface area contributed by atoms with Gasteiger partial charge in [-0.15, -0.1) is 0 Å². The standard InChI is InChI=1S/C15H20FNO/c1-2-8-17-14(15-7-4-9-18-15)11-12-5-3-6-13(16)10-12/h3,5-7,10,14,17H,2,4,8-9,11H2,1H3. The van der Waals surface area contributed by atoms with Gasteiger partial charge >= 0.3 is 0 Å². The summed E-state index contributed by atoms with van der Waals surface area (Å²) in [5.41, 5.74) is 1.00. The van der Waals surface area contributed by atoms with E-state index >= 15 is 0 Å². The molecule has 1 atom stereocenters. The fourth-order valence-corrected chi connectivity index (χ4v) is 2.17. The number of hydrogen-bond acceptors (Lipinski definition) is 2. The summed E-state index contributed by atoms with van der Waals surface area (Å²) in [7, 11) is 0. The zero-order valence-electron chi connectivity index (χ0n) is 10.8. The minimum absolute atomic E-state index is 0.161. The normalized spacial score (nSPS) is 16.2. The Bertz CT molecular complexity index is 417. The van der Waals surface area contributed by atoms with E-state index in [0.29, 0.717) is 0 Å². The summed E-state index contributed by atoms with van der Waals surface area (Å²) in [6.07, 6.45) is 4.95. The molecule has 0 saturated heterocycles. The smallest absolute Gasteiger partial charge is 0.123 e. The maximum atomic E-state index is 13.2. The lowest BCUT2D eigenvalue weighted by molar-refractivity contribution is 0.214. The minimum Gasteiger partial charge on any atom is -0.496 e. The molecule has 0 amide bonds. The van der Waals surface area contributed by atoms with Gasteiger partial charge in [0.05, 0.1) is 12.6 Å². The van der Waals surface area contributed by atoms with Crippen LogP contribution in [0.2, 0.25) is 0 Å². The number of benzene rings is 1. The van der Waals surface area contributed by atoms with Crippen LogP contribution in [-0.4, -0.2) is 19.2 Å². The zero-order chi connectivity index (χ0) is 12.8. The molecule has 98 valence electrons. The Balaban J connectivity index is 2.04. The molecule has 1 unspecified atom stereocenters. The molecule has 0 saturated carbocycles. The summed E-state index contributed by atoms with van der Waals surface area (Å²) in [6, 6.07) is 6.94. The van der Waals surface area contributed by atoms with Gasteiger partial charge < -0.3 is 10.1 Å². The fourth-order valence-electron chi connectivity index (χ4n) is 2.17. The zero-order valence-corrected chi connectivity index (χ0v) is 10.8. The Labute approximate surface area is 108 Å². The minimum atomic E-state index is -0.178. The average Bonchev–Trinajstić information content (AvgIpc) is 2.88. The van der Waals surface area contributed by atoms with Gasteiger partial charge in [0.2, 0.25) is 0 Å². The summed E-state index contributed by atoms with van der Waals surface area (Å²) in [4.78, 5) is 0. The third-order valence-corrected chi connectivity index (χ3v) is 3.05. The third-order valence-electron chi connectivity index (χ3n) is 3.05. The largest absolute Gasteiger partial charge is 0.496 e. The molecule has 0 bridgehead atoms. The molecule has 1 aromatic rings. The second kappa shape index (κ2) is 6.55. The van der Waals surface area contributed by atoms with Crippen LogP contribution in [0, 0.1) is 5.82 Å². The predicted octanol–water partition coefficient (Wildman–Crippen LogP) is 3.04. The number of ether oxygens (including phenoxy) is 1. The number of rotatable bonds is 6. The lowest BCUT2D eigenvalue weighted by Gasteiger charge is -2.19. The van der Waals surface area contributed by atoms with Crippen LogP contribution in [0.3, 0.4) is 0 Å². The van der Waals surface area contributed by atoms with Crippen molar-refractivity contribution in [3.05, 3.63) is 47.5 Å². The van der Waals surface area contributed by atoms with Crippen LogP contribution in [-0.2, 0) is 11.2 Å². The fraction of sp³-hybridized carbons (Fsp3) is 0.467. The van der Waals surface area contributed by atoms with Gasteiger partial charge in [-0.1, -0.05) is 19.1 Å². The molecule has 0 radical (unpaired) electrons. The molecule has 0 fully saturated rings. The summed E-state index contributed by atoms with van der Waals surface area (Å²) in [5, 5.41) is 3.46. The molecule has 0 aromatic heterocycles. The highest BCUT2D eigenvalue weighted by atomic mass is 19.1. The van der Waals surface area contributed by atoms with Gasteiger partial charge in [-0.3, -0.25) is 0 Å². The monoisotopic (exact) mass is 249 g/mol. The van der Waals surface area contributed by atoms with Crippen molar-refractivity contribution in [3.8, 4) is 0 Å². The van der Waals surface area contributed by atoms with E-state index in [9.17, 15) is 4.39 Å². The molecule has 18 heavy (non-hydrogen) atoms. The van der Waals surface area contributed by atoms with Crippen molar-refractivity contribution in [1.82, 2.24) is 5.32 Å². The number of hydrogen-bond donors (Lipinski definition) is 1. The maximum absolute atomic E-state index is 13.2. The molecular formula is C15H20FNO. The first-order valence-corrected chi connectivity index (χ1v) is 6.60. The van der Waals surface area contributed by atoms with Crippen molar-refractivity contribution in [2.75, 3.05) is 13.2 Å². The molecular weight excluding hydrogens is 229 g/mol. The van der Waals surface area contributed by atoms with Gasteiger partial charge in [0.1, 0.15) is 11.6 Å². The summed E-state index contributed by atoms with van der Waals surface area (Å²) < 4.78 is 18.8. The Kier molecular flexibility index (Phi) is 4.76. The number of halogens is 1. The third kappa shape index (κ3) is 3.57. The van der Waals surface area contributed by atoms with Gasteiger partial charge in [0.15, 0.2) is 0 Å². The van der Waals surface area contributed by atoms with Gasteiger partial charge in [0.25, 0.3) is 0 Å². The topological polar surface area (TPSA) is 21.3 Å². The first-order valence-electron chi connectivity index (χ1n) is 6.60. The van der Waals surface area contributed by atoms with E-state index in [1.54, 1.807) is 12.1 Å². The lowest BCUT2D eigenvalue weighted by atomic mass is 10.0. The highest BCUT2D eigenvalue weighted by Crippen LogP contribution is 2.17. The first-order chi connectivity index (χ1) is 8.79. The molecule has 0 aliphatic carbocycles. The van der Waals surface area contributed by atoms with Crippen LogP contribution in [0.4, 0.5) is 4.39 Å². The second-order valence-electron chi connectivity index (χ2n) is 4.58. The van der Waals surface area contributed by atoms with Crippen molar-refractivity contribution < 1.29 is 9.13 Å². The highest BCUT2D eigenvalue weighted by Gasteiger charge is 2.18. The molecule has 1 heterocycles. The van der Waals surface area contributed by atoms with Crippen LogP contribution in [0.1, 0.15) is 25.3 Å². The summed E-state index contributed by atoms with van der Waals surface area (Å²) in [5.74, 6) is 0.829. The van der Waals surface area contributed by atoms with E-state index in [1.807, 2.05) is 6.07 Å². The molecule has 1 aliphatic heterocycles. The predicted molar refractivity (Wildman–Crippen MR) is 70.8 cm³/mol. The lowest BCUT2D eigenvalue weighted by Crippen LogP contribution is -2.33. The molecule has 1 aliphatic rings. The number of nitrogens with one attached hydrogen (secondary N) is 1. The Hall–Kier alpha value is -1.35. The second-order valence-corrected chi connectivity index (χ2v) is 4.58. The van der Waals surface area contributed by atoms with Crippen molar-refractivity contribution >= 4 is 0 Å². The Morgan fingerprint density at radius 3 is 3.00 bits per heavy atom. The van der Waals surface area contributed by atoms with E-state index in [-0.39, 0.29) is 11.9 Å². The first kappa shape index (κ1) is 13.1. The van der Waals surface area contributed by atoms with E-state index in [1.165, 1.54) is 6.07 Å². The van der Waals surface area contributed by atoms with E-state index in [0.717, 1.165) is 43.7 Å². The quantitative estimate of drug-likeness (QED) is 0.836. The van der Waals surface area contributed by atoms with Crippen molar-refractivity contribution in [2.45, 2.75) is 32.2 Å². The van der Waals surface area contributed by atoms with Crippen LogP contribution < -0.4 is 5.32 Å². The van der Waals surface area contributed by atoms with Crippen molar-refractivity contribution in [2.24, 2.45) is 0 Å². The van der Waals surface area contributed by atoms with E-state index < -0.39 is 0 Å². The highest BCUT2D eigenvalue weighted by molar-refractivity contribution is 5.21. The summed E-state index contributed by atoms with van der Waals surface area (Å²) in [6.45, 7) is 3.85. The molecule has 3 heteroatoms. The Morgan fingerprint density at radius 1 is 1.44 bits per heavy atom. The van der Waals surface area contributed by atoms with Gasteiger partial charge in [-0.2, -0.15) is 0 Å². The average molecular weight is 249 g/mol. The van der Waals surface area contributed by atoms with Crippen LogP contribution in [0.25, 0.3) is 0 Å². The molecule has 2 nitrogen and oxygen atoms in total.